The average molecular weight is 361 g/mol. The minimum Gasteiger partial charge on any atom is -0.450 e. The number of aromatic nitrogens is 2. The molecule has 3 heterocycles. The maximum absolute atomic E-state index is 5.98. The fourth-order valence-electron chi connectivity index (χ4n) is 3.58. The van der Waals surface area contributed by atoms with Gasteiger partial charge in [0.25, 0.3) is 0 Å². The van der Waals surface area contributed by atoms with Gasteiger partial charge in [-0.15, -0.1) is 0 Å². The van der Waals surface area contributed by atoms with Crippen LogP contribution in [0.4, 0.5) is 11.5 Å². The topological polar surface area (TPSA) is 64.6 Å². The minimum atomic E-state index is 0.681. The molecule has 1 aliphatic rings. The number of rotatable bonds is 4. The molecule has 0 saturated carbocycles. The second kappa shape index (κ2) is 6.98. The molecule has 2 aromatic carbocycles. The summed E-state index contributed by atoms with van der Waals surface area (Å²) in [6, 6.07) is 16.4. The number of fused-ring (bicyclic) bond motifs is 3. The van der Waals surface area contributed by atoms with Crippen LogP contribution in [0.25, 0.3) is 22.1 Å². The van der Waals surface area contributed by atoms with E-state index in [0.717, 1.165) is 55.0 Å². The summed E-state index contributed by atoms with van der Waals surface area (Å²) in [4.78, 5) is 10.3. The predicted octanol–water partition coefficient (Wildman–Crippen LogP) is 2.53. The number of quaternary nitrogens is 1. The lowest BCUT2D eigenvalue weighted by atomic mass is 10.2. The van der Waals surface area contributed by atoms with Gasteiger partial charge in [-0.1, -0.05) is 24.3 Å². The van der Waals surface area contributed by atoms with Gasteiger partial charge < -0.3 is 19.4 Å². The molecule has 0 radical (unpaired) electrons. The average Bonchev–Trinajstić information content (AvgIpc) is 3.10. The van der Waals surface area contributed by atoms with Gasteiger partial charge in [-0.25, -0.2) is 9.97 Å². The first kappa shape index (κ1) is 16.2. The zero-order valence-corrected chi connectivity index (χ0v) is 14.9. The number of nitrogens with one attached hydrogen (secondary N) is 2. The summed E-state index contributed by atoms with van der Waals surface area (Å²) < 4.78 is 11.4. The van der Waals surface area contributed by atoms with Gasteiger partial charge in [0.1, 0.15) is 37.1 Å². The van der Waals surface area contributed by atoms with Gasteiger partial charge in [0.2, 0.25) is 0 Å². The predicted molar refractivity (Wildman–Crippen MR) is 104 cm³/mol. The highest BCUT2D eigenvalue weighted by Crippen LogP contribution is 2.31. The molecule has 1 aliphatic heterocycles. The minimum absolute atomic E-state index is 0.681. The van der Waals surface area contributed by atoms with E-state index in [-0.39, 0.29) is 0 Å². The summed E-state index contributed by atoms with van der Waals surface area (Å²) in [7, 11) is 0. The standard InChI is InChI=1S/C21H20N4O2/c1-2-4-18-17(3-1)19-20(27-18)21(23-14-22-19)24-16-7-5-15(6-8-16)13-25-9-11-26-12-10-25/h1-8,14H,9-13H2,(H,22,23,24)/p+1. The third kappa shape index (κ3) is 3.25. The van der Waals surface area contributed by atoms with Gasteiger partial charge in [0.05, 0.1) is 13.2 Å². The first-order chi connectivity index (χ1) is 13.4. The molecular formula is C21H21N4O2+. The molecule has 1 fully saturated rings. The molecule has 0 amide bonds. The van der Waals surface area contributed by atoms with Crippen molar-refractivity contribution in [3.63, 3.8) is 0 Å². The lowest BCUT2D eigenvalue weighted by molar-refractivity contribution is -0.921. The Bertz CT molecular complexity index is 1070. The van der Waals surface area contributed by atoms with Crippen molar-refractivity contribution in [1.82, 2.24) is 9.97 Å². The molecule has 1 saturated heterocycles. The first-order valence-corrected chi connectivity index (χ1v) is 9.26. The molecule has 4 aromatic rings. The Morgan fingerprint density at radius 1 is 0.963 bits per heavy atom. The number of hydrogen-bond donors (Lipinski definition) is 2. The number of hydrogen-bond acceptors (Lipinski definition) is 5. The van der Waals surface area contributed by atoms with E-state index in [1.807, 2.05) is 24.3 Å². The van der Waals surface area contributed by atoms with E-state index in [1.165, 1.54) is 5.56 Å². The second-order valence-corrected chi connectivity index (χ2v) is 6.86. The van der Waals surface area contributed by atoms with Crippen molar-refractivity contribution in [2.75, 3.05) is 31.6 Å². The largest absolute Gasteiger partial charge is 0.450 e. The summed E-state index contributed by atoms with van der Waals surface area (Å²) in [6.07, 6.45) is 1.57. The number of ether oxygens (including phenoxy) is 1. The molecule has 6 nitrogen and oxygen atoms in total. The Labute approximate surface area is 156 Å². The number of para-hydroxylation sites is 1. The summed E-state index contributed by atoms with van der Waals surface area (Å²) >= 11 is 0. The molecule has 0 unspecified atom stereocenters. The van der Waals surface area contributed by atoms with E-state index in [1.54, 1.807) is 11.2 Å². The smallest absolute Gasteiger partial charge is 0.196 e. The monoisotopic (exact) mass is 361 g/mol. The van der Waals surface area contributed by atoms with Gasteiger partial charge in [0.15, 0.2) is 11.4 Å². The molecule has 0 spiro atoms. The lowest BCUT2D eigenvalue weighted by Crippen LogP contribution is -3.12. The van der Waals surface area contributed by atoms with Crippen molar-refractivity contribution >= 4 is 33.6 Å². The molecule has 2 N–H and O–H groups in total. The van der Waals surface area contributed by atoms with E-state index in [4.69, 9.17) is 9.15 Å². The van der Waals surface area contributed by atoms with Crippen LogP contribution >= 0.6 is 0 Å². The maximum atomic E-state index is 5.98. The van der Waals surface area contributed by atoms with Crippen LogP contribution in [0.2, 0.25) is 0 Å². The Balaban J connectivity index is 1.38. The molecule has 6 heteroatoms. The SMILES string of the molecule is c1ccc2c(c1)oc1c(Nc3ccc(C[NH+]4CCOCC4)cc3)ncnc12. The van der Waals surface area contributed by atoms with Crippen LogP contribution in [0.15, 0.2) is 59.3 Å². The van der Waals surface area contributed by atoms with E-state index in [2.05, 4.69) is 39.6 Å². The molecule has 0 bridgehead atoms. The molecule has 0 atom stereocenters. The van der Waals surface area contributed by atoms with Crippen molar-refractivity contribution in [2.24, 2.45) is 0 Å². The van der Waals surface area contributed by atoms with Gasteiger partial charge in [-0.2, -0.15) is 0 Å². The van der Waals surface area contributed by atoms with Crippen LogP contribution in [0, 0.1) is 0 Å². The van der Waals surface area contributed by atoms with Gasteiger partial charge in [-0.05, 0) is 24.3 Å². The molecule has 136 valence electrons. The number of benzene rings is 2. The van der Waals surface area contributed by atoms with E-state index < -0.39 is 0 Å². The van der Waals surface area contributed by atoms with Crippen molar-refractivity contribution in [2.45, 2.75) is 6.54 Å². The van der Waals surface area contributed by atoms with Crippen molar-refractivity contribution in [3.05, 3.63) is 60.4 Å². The molecule has 27 heavy (non-hydrogen) atoms. The van der Waals surface area contributed by atoms with Gasteiger partial charge in [0, 0.05) is 16.6 Å². The van der Waals surface area contributed by atoms with Crippen molar-refractivity contribution in [1.29, 1.82) is 0 Å². The van der Waals surface area contributed by atoms with Crippen LogP contribution in [-0.4, -0.2) is 36.3 Å². The van der Waals surface area contributed by atoms with Crippen molar-refractivity contribution in [3.8, 4) is 0 Å². The number of furan rings is 1. The second-order valence-electron chi connectivity index (χ2n) is 6.86. The number of anilines is 2. The highest BCUT2D eigenvalue weighted by Gasteiger charge is 2.15. The van der Waals surface area contributed by atoms with Gasteiger partial charge >= 0.3 is 0 Å². The fourth-order valence-corrected chi connectivity index (χ4v) is 3.58. The van der Waals surface area contributed by atoms with Crippen LogP contribution in [-0.2, 0) is 11.3 Å². The Morgan fingerprint density at radius 3 is 2.63 bits per heavy atom. The highest BCUT2D eigenvalue weighted by molar-refractivity contribution is 6.05. The molecular weight excluding hydrogens is 340 g/mol. The van der Waals surface area contributed by atoms with Crippen LogP contribution in [0.1, 0.15) is 5.56 Å². The third-order valence-corrected chi connectivity index (χ3v) is 5.03. The van der Waals surface area contributed by atoms with Crippen LogP contribution in [0.3, 0.4) is 0 Å². The molecule has 5 rings (SSSR count). The zero-order chi connectivity index (χ0) is 18.1. The van der Waals surface area contributed by atoms with Crippen molar-refractivity contribution < 1.29 is 14.1 Å². The highest BCUT2D eigenvalue weighted by atomic mass is 16.5. The van der Waals surface area contributed by atoms with E-state index in [9.17, 15) is 0 Å². The first-order valence-electron chi connectivity index (χ1n) is 9.26. The van der Waals surface area contributed by atoms with E-state index >= 15 is 0 Å². The van der Waals surface area contributed by atoms with Crippen LogP contribution in [0.5, 0.6) is 0 Å². The Hall–Kier alpha value is -2.96. The molecule has 2 aromatic heterocycles. The quantitative estimate of drug-likeness (QED) is 0.585. The summed E-state index contributed by atoms with van der Waals surface area (Å²) in [6.45, 7) is 4.90. The molecule has 0 aliphatic carbocycles. The van der Waals surface area contributed by atoms with E-state index in [0.29, 0.717) is 11.4 Å². The normalized spacial score (nSPS) is 15.4. The summed E-state index contributed by atoms with van der Waals surface area (Å²) in [5.74, 6) is 0.683. The number of nitrogens with zero attached hydrogens (tertiary/aromatic N) is 2. The maximum Gasteiger partial charge on any atom is 0.196 e. The third-order valence-electron chi connectivity index (χ3n) is 5.03. The Morgan fingerprint density at radius 2 is 1.78 bits per heavy atom. The van der Waals surface area contributed by atoms with Gasteiger partial charge in [-0.3, -0.25) is 0 Å². The lowest BCUT2D eigenvalue weighted by Gasteiger charge is -2.23. The zero-order valence-electron chi connectivity index (χ0n) is 14.9. The summed E-state index contributed by atoms with van der Waals surface area (Å²) in [5.41, 5.74) is 4.64. The number of morpholine rings is 1. The summed E-state index contributed by atoms with van der Waals surface area (Å²) in [5, 5.41) is 4.37. The van der Waals surface area contributed by atoms with Crippen LogP contribution < -0.4 is 10.2 Å². The fraction of sp³-hybridized carbons (Fsp3) is 0.238. The Kier molecular flexibility index (Phi) is 4.20.